The average Bonchev–Trinajstić information content (AvgIpc) is 2.98. The van der Waals surface area contributed by atoms with Gasteiger partial charge in [-0.3, -0.25) is 19.6 Å². The van der Waals surface area contributed by atoms with E-state index in [2.05, 4.69) is 5.32 Å². The molecule has 3 amide bonds. The summed E-state index contributed by atoms with van der Waals surface area (Å²) in [6, 6.07) is -0.441. The molecule has 7 heteroatoms. The molecular weight excluding hydrogens is 274 g/mol. The van der Waals surface area contributed by atoms with Crippen LogP contribution in [-0.2, 0) is 14.4 Å². The van der Waals surface area contributed by atoms with Gasteiger partial charge in [0.2, 0.25) is 17.7 Å². The van der Waals surface area contributed by atoms with Gasteiger partial charge in [-0.25, -0.2) is 5.48 Å². The Morgan fingerprint density at radius 2 is 2.10 bits per heavy atom. The summed E-state index contributed by atoms with van der Waals surface area (Å²) in [6.07, 6.45) is 3.72. The predicted octanol–water partition coefficient (Wildman–Crippen LogP) is 0.425. The van der Waals surface area contributed by atoms with Crippen LogP contribution >= 0.6 is 0 Å². The van der Waals surface area contributed by atoms with Crippen molar-refractivity contribution in [2.75, 3.05) is 13.6 Å². The van der Waals surface area contributed by atoms with Crippen molar-refractivity contribution in [2.45, 2.75) is 51.5 Å². The van der Waals surface area contributed by atoms with E-state index in [1.165, 1.54) is 0 Å². The number of hydrogen-bond acceptors (Lipinski definition) is 4. The molecular formula is C14H25N3O4. The van der Waals surface area contributed by atoms with Crippen LogP contribution < -0.4 is 10.8 Å². The van der Waals surface area contributed by atoms with Gasteiger partial charge in [0.25, 0.3) is 0 Å². The summed E-state index contributed by atoms with van der Waals surface area (Å²) in [4.78, 5) is 37.4. The fourth-order valence-electron chi connectivity index (χ4n) is 2.74. The molecule has 21 heavy (non-hydrogen) atoms. The lowest BCUT2D eigenvalue weighted by molar-refractivity contribution is -0.144. The minimum atomic E-state index is -0.569. The van der Waals surface area contributed by atoms with E-state index in [4.69, 9.17) is 5.21 Å². The molecule has 0 bridgehead atoms. The van der Waals surface area contributed by atoms with Crippen LogP contribution in [0.5, 0.6) is 0 Å². The van der Waals surface area contributed by atoms with E-state index in [-0.39, 0.29) is 18.2 Å². The van der Waals surface area contributed by atoms with Gasteiger partial charge >= 0.3 is 0 Å². The molecule has 120 valence electrons. The van der Waals surface area contributed by atoms with Crippen LogP contribution in [0.1, 0.15) is 45.4 Å². The molecule has 7 nitrogen and oxygen atoms in total. The third-order valence-electron chi connectivity index (χ3n) is 3.90. The highest BCUT2D eigenvalue weighted by atomic mass is 16.5. The number of carbonyl (C=O) groups excluding carboxylic acids is 3. The highest BCUT2D eigenvalue weighted by molar-refractivity contribution is 5.90. The maximum atomic E-state index is 12.6. The van der Waals surface area contributed by atoms with Gasteiger partial charge in [-0.15, -0.1) is 0 Å². The van der Waals surface area contributed by atoms with Gasteiger partial charge in [-0.1, -0.05) is 19.8 Å². The second kappa shape index (κ2) is 8.61. The normalized spacial score (nSPS) is 19.2. The lowest BCUT2D eigenvalue weighted by Gasteiger charge is -2.27. The molecule has 0 radical (unpaired) electrons. The molecule has 0 aromatic rings. The Morgan fingerprint density at radius 3 is 2.67 bits per heavy atom. The molecule has 1 fully saturated rings. The van der Waals surface area contributed by atoms with Gasteiger partial charge in [0, 0.05) is 25.9 Å². The lowest BCUT2D eigenvalue weighted by atomic mass is 9.96. The predicted molar refractivity (Wildman–Crippen MR) is 76.4 cm³/mol. The van der Waals surface area contributed by atoms with Crippen molar-refractivity contribution in [3.63, 3.8) is 0 Å². The molecule has 0 aliphatic carbocycles. The van der Waals surface area contributed by atoms with Crippen LogP contribution in [0.25, 0.3) is 0 Å². The topological polar surface area (TPSA) is 98.7 Å². The molecule has 1 aliphatic heterocycles. The van der Waals surface area contributed by atoms with Crippen molar-refractivity contribution in [2.24, 2.45) is 5.92 Å². The third-order valence-corrected chi connectivity index (χ3v) is 3.90. The summed E-state index contributed by atoms with van der Waals surface area (Å²) in [5.41, 5.74) is 1.57. The first-order chi connectivity index (χ1) is 10.0. The van der Waals surface area contributed by atoms with Crippen LogP contribution in [0, 0.1) is 5.92 Å². The van der Waals surface area contributed by atoms with Crippen LogP contribution in [0.3, 0.4) is 0 Å². The van der Waals surface area contributed by atoms with Gasteiger partial charge in [0.15, 0.2) is 0 Å². The maximum Gasteiger partial charge on any atom is 0.244 e. The number of likely N-dealkylation sites (tertiary alicyclic amines) is 1. The zero-order valence-corrected chi connectivity index (χ0v) is 12.7. The van der Waals surface area contributed by atoms with E-state index in [9.17, 15) is 14.4 Å². The van der Waals surface area contributed by atoms with Crippen molar-refractivity contribution >= 4 is 17.7 Å². The average molecular weight is 299 g/mol. The summed E-state index contributed by atoms with van der Waals surface area (Å²) in [5, 5.41) is 11.2. The SMILES string of the molecule is CCCCC(CC(=O)NO)C(=O)N1CCC[C@H]1C(=O)NC. The highest BCUT2D eigenvalue weighted by Gasteiger charge is 2.36. The summed E-state index contributed by atoms with van der Waals surface area (Å²) < 4.78 is 0. The second-order valence-corrected chi connectivity index (χ2v) is 5.38. The van der Waals surface area contributed by atoms with Crippen LogP contribution in [-0.4, -0.2) is 47.5 Å². The van der Waals surface area contributed by atoms with E-state index >= 15 is 0 Å². The van der Waals surface area contributed by atoms with E-state index in [0.29, 0.717) is 19.4 Å². The number of nitrogens with one attached hydrogen (secondary N) is 2. The first-order valence-electron chi connectivity index (χ1n) is 7.50. The Balaban J connectivity index is 2.77. The Hall–Kier alpha value is -1.63. The van der Waals surface area contributed by atoms with Crippen LogP contribution in [0.4, 0.5) is 0 Å². The van der Waals surface area contributed by atoms with Gasteiger partial charge in [0.05, 0.1) is 0 Å². The maximum absolute atomic E-state index is 12.6. The van der Waals surface area contributed by atoms with Crippen molar-refractivity contribution in [1.82, 2.24) is 15.7 Å². The van der Waals surface area contributed by atoms with Crippen molar-refractivity contribution in [3.05, 3.63) is 0 Å². The van der Waals surface area contributed by atoms with Crippen LogP contribution in [0.2, 0.25) is 0 Å². The van der Waals surface area contributed by atoms with E-state index in [0.717, 1.165) is 19.3 Å². The summed E-state index contributed by atoms with van der Waals surface area (Å²) >= 11 is 0. The van der Waals surface area contributed by atoms with E-state index in [1.807, 2.05) is 6.92 Å². The van der Waals surface area contributed by atoms with Gasteiger partial charge in [-0.05, 0) is 19.3 Å². The molecule has 1 heterocycles. The fourth-order valence-corrected chi connectivity index (χ4v) is 2.74. The number of amides is 3. The Kier molecular flexibility index (Phi) is 7.14. The zero-order valence-electron chi connectivity index (χ0n) is 12.7. The molecule has 0 saturated carbocycles. The highest BCUT2D eigenvalue weighted by Crippen LogP contribution is 2.24. The monoisotopic (exact) mass is 299 g/mol. The van der Waals surface area contributed by atoms with Gasteiger partial charge in [-0.2, -0.15) is 0 Å². The van der Waals surface area contributed by atoms with Crippen molar-refractivity contribution < 1.29 is 19.6 Å². The molecule has 3 N–H and O–H groups in total. The molecule has 1 rings (SSSR count). The number of likely N-dealkylation sites (N-methyl/N-ethyl adjacent to an activating group) is 1. The number of rotatable bonds is 7. The number of unbranched alkanes of at least 4 members (excludes halogenated alkanes) is 1. The molecule has 0 spiro atoms. The molecule has 1 unspecified atom stereocenters. The number of nitrogens with zero attached hydrogens (tertiary/aromatic N) is 1. The number of carbonyl (C=O) groups is 3. The summed E-state index contributed by atoms with van der Waals surface area (Å²) in [6.45, 7) is 2.55. The Morgan fingerprint density at radius 1 is 1.38 bits per heavy atom. The lowest BCUT2D eigenvalue weighted by Crippen LogP contribution is -2.47. The first kappa shape index (κ1) is 17.4. The molecule has 2 atom stereocenters. The quantitative estimate of drug-likeness (QED) is 0.469. The van der Waals surface area contributed by atoms with Crippen LogP contribution in [0.15, 0.2) is 0 Å². The minimum absolute atomic E-state index is 0.0493. The standard InChI is InChI=1S/C14H25N3O4/c1-3-4-6-10(9-12(18)16-21)14(20)17-8-5-7-11(17)13(19)15-2/h10-11,21H,3-9H2,1-2H3,(H,15,19)(H,16,18)/t10?,11-/m0/s1. The molecule has 0 aromatic heterocycles. The van der Waals surface area contributed by atoms with Crippen molar-refractivity contribution in [3.8, 4) is 0 Å². The first-order valence-corrected chi connectivity index (χ1v) is 7.50. The van der Waals surface area contributed by atoms with Gasteiger partial charge in [0.1, 0.15) is 6.04 Å². The Labute approximate surface area is 125 Å². The zero-order chi connectivity index (χ0) is 15.8. The Bertz CT molecular complexity index is 386. The third kappa shape index (κ3) is 4.70. The summed E-state index contributed by atoms with van der Waals surface area (Å²) in [5.74, 6) is -1.39. The minimum Gasteiger partial charge on any atom is -0.357 e. The summed E-state index contributed by atoms with van der Waals surface area (Å²) in [7, 11) is 1.55. The van der Waals surface area contributed by atoms with E-state index in [1.54, 1.807) is 17.4 Å². The second-order valence-electron chi connectivity index (χ2n) is 5.38. The largest absolute Gasteiger partial charge is 0.357 e. The number of hydroxylamine groups is 1. The molecule has 1 saturated heterocycles. The molecule has 1 aliphatic rings. The van der Waals surface area contributed by atoms with Crippen molar-refractivity contribution in [1.29, 1.82) is 0 Å². The van der Waals surface area contributed by atoms with Gasteiger partial charge < -0.3 is 10.2 Å². The van der Waals surface area contributed by atoms with E-state index < -0.39 is 17.9 Å². The fraction of sp³-hybridized carbons (Fsp3) is 0.786. The number of hydrogen-bond donors (Lipinski definition) is 3. The smallest absolute Gasteiger partial charge is 0.244 e. The molecule has 0 aromatic carbocycles.